The Labute approximate surface area is 73.6 Å². The molecule has 3 atom stereocenters. The van der Waals surface area contributed by atoms with Crippen LogP contribution in [-0.4, -0.2) is 6.17 Å². The monoisotopic (exact) mass is 169 g/mol. The van der Waals surface area contributed by atoms with E-state index >= 15 is 0 Å². The number of nitriles is 1. The third-order valence-corrected chi connectivity index (χ3v) is 2.75. The topological polar surface area (TPSA) is 23.8 Å². The highest BCUT2D eigenvalue weighted by Gasteiger charge is 2.23. The van der Waals surface area contributed by atoms with E-state index in [0.29, 0.717) is 12.3 Å². The number of alkyl halides is 1. The number of halogens is 1. The maximum Gasteiger partial charge on any atom is 0.116 e. The molecule has 2 heteroatoms. The van der Waals surface area contributed by atoms with Crippen molar-refractivity contribution in [3.63, 3.8) is 0 Å². The normalized spacial score (nSPS) is 37.9. The third-order valence-electron chi connectivity index (χ3n) is 2.75. The Morgan fingerprint density at radius 2 is 2.00 bits per heavy atom. The van der Waals surface area contributed by atoms with Gasteiger partial charge < -0.3 is 0 Å². The molecule has 0 aromatic carbocycles. The van der Waals surface area contributed by atoms with Crippen molar-refractivity contribution in [2.75, 3.05) is 0 Å². The quantitative estimate of drug-likeness (QED) is 0.546. The van der Waals surface area contributed by atoms with Gasteiger partial charge in [0.2, 0.25) is 0 Å². The van der Waals surface area contributed by atoms with Crippen molar-refractivity contribution in [2.45, 2.75) is 45.2 Å². The van der Waals surface area contributed by atoms with Gasteiger partial charge in [-0.2, -0.15) is 5.26 Å². The summed E-state index contributed by atoms with van der Waals surface area (Å²) in [4.78, 5) is 0. The van der Waals surface area contributed by atoms with Gasteiger partial charge in [-0.25, -0.2) is 4.39 Å². The van der Waals surface area contributed by atoms with Gasteiger partial charge in [-0.3, -0.25) is 0 Å². The van der Waals surface area contributed by atoms with Crippen LogP contribution >= 0.6 is 0 Å². The van der Waals surface area contributed by atoms with Gasteiger partial charge in [0, 0.05) is 0 Å². The summed E-state index contributed by atoms with van der Waals surface area (Å²) in [5.74, 6) is 0.334. The molecule has 0 aromatic rings. The largest absolute Gasteiger partial charge is 0.246 e. The molecule has 1 aliphatic carbocycles. The van der Waals surface area contributed by atoms with E-state index in [1.807, 2.05) is 0 Å². The van der Waals surface area contributed by atoms with Crippen LogP contribution in [0, 0.1) is 23.2 Å². The molecule has 0 saturated heterocycles. The van der Waals surface area contributed by atoms with Gasteiger partial charge in [0.1, 0.15) is 6.17 Å². The predicted molar refractivity (Wildman–Crippen MR) is 46.2 cm³/mol. The predicted octanol–water partition coefficient (Wildman–Crippen LogP) is 3.06. The van der Waals surface area contributed by atoms with Crippen LogP contribution in [0.25, 0.3) is 0 Å². The van der Waals surface area contributed by atoms with Crippen LogP contribution in [0.4, 0.5) is 4.39 Å². The summed E-state index contributed by atoms with van der Waals surface area (Å²) in [7, 11) is 0. The minimum atomic E-state index is -0.873. The number of rotatable bonds is 0. The molecule has 2 unspecified atom stereocenters. The highest BCUT2D eigenvalue weighted by atomic mass is 19.1. The van der Waals surface area contributed by atoms with E-state index in [0.717, 1.165) is 25.7 Å². The lowest BCUT2D eigenvalue weighted by molar-refractivity contribution is 0.206. The minimum absolute atomic E-state index is 0.340. The van der Waals surface area contributed by atoms with Crippen molar-refractivity contribution < 1.29 is 4.39 Å². The van der Waals surface area contributed by atoms with E-state index in [1.165, 1.54) is 0 Å². The number of nitrogens with zero attached hydrogens (tertiary/aromatic N) is 1. The first kappa shape index (κ1) is 9.51. The van der Waals surface area contributed by atoms with Gasteiger partial charge in [0.25, 0.3) is 0 Å². The molecule has 0 heterocycles. The number of hydrogen-bond donors (Lipinski definition) is 0. The fourth-order valence-electron chi connectivity index (χ4n) is 1.80. The van der Waals surface area contributed by atoms with E-state index in [4.69, 9.17) is 5.26 Å². The summed E-state index contributed by atoms with van der Waals surface area (Å²) in [6, 6.07) is 2.07. The smallest absolute Gasteiger partial charge is 0.116 e. The summed E-state index contributed by atoms with van der Waals surface area (Å²) >= 11 is 0. The fourth-order valence-corrected chi connectivity index (χ4v) is 1.80. The van der Waals surface area contributed by atoms with Gasteiger partial charge in [0.05, 0.1) is 12.0 Å². The van der Waals surface area contributed by atoms with Crippen LogP contribution in [0.2, 0.25) is 0 Å². The zero-order chi connectivity index (χ0) is 8.97. The van der Waals surface area contributed by atoms with E-state index < -0.39 is 6.17 Å². The Kier molecular flexibility index (Phi) is 3.52. The van der Waals surface area contributed by atoms with Crippen LogP contribution in [0.3, 0.4) is 0 Å². The van der Waals surface area contributed by atoms with Gasteiger partial charge in [0.15, 0.2) is 0 Å². The lowest BCUT2D eigenvalue weighted by Gasteiger charge is -2.21. The molecule has 12 heavy (non-hydrogen) atoms. The number of hydrogen-bond acceptors (Lipinski definition) is 1. The Balaban J connectivity index is 2.46. The zero-order valence-corrected chi connectivity index (χ0v) is 7.59. The Morgan fingerprint density at radius 1 is 1.25 bits per heavy atom. The van der Waals surface area contributed by atoms with Crippen LogP contribution < -0.4 is 0 Å². The lowest BCUT2D eigenvalue weighted by Crippen LogP contribution is -2.18. The third kappa shape index (κ3) is 2.48. The van der Waals surface area contributed by atoms with Gasteiger partial charge in [-0.15, -0.1) is 0 Å². The molecule has 68 valence electrons. The van der Waals surface area contributed by atoms with Gasteiger partial charge in [-0.05, 0) is 25.2 Å². The van der Waals surface area contributed by atoms with Gasteiger partial charge in [-0.1, -0.05) is 19.8 Å². The first-order valence-corrected chi connectivity index (χ1v) is 4.77. The molecule has 0 aromatic heterocycles. The molecule has 1 aliphatic rings. The van der Waals surface area contributed by atoms with Crippen molar-refractivity contribution in [1.29, 1.82) is 5.26 Å². The van der Waals surface area contributed by atoms with Crippen molar-refractivity contribution in [1.82, 2.24) is 0 Å². The second-order valence-corrected chi connectivity index (χ2v) is 3.87. The maximum atomic E-state index is 13.2. The molecule has 0 bridgehead atoms. The molecular formula is C10H16FN. The summed E-state index contributed by atoms with van der Waals surface area (Å²) in [5.41, 5.74) is 0. The van der Waals surface area contributed by atoms with Crippen LogP contribution in [-0.2, 0) is 0 Å². The maximum absolute atomic E-state index is 13.2. The van der Waals surface area contributed by atoms with Gasteiger partial charge >= 0.3 is 0 Å². The molecule has 0 amide bonds. The minimum Gasteiger partial charge on any atom is -0.246 e. The Hall–Kier alpha value is -0.580. The zero-order valence-electron chi connectivity index (χ0n) is 7.59. The van der Waals surface area contributed by atoms with E-state index in [-0.39, 0.29) is 5.92 Å². The Morgan fingerprint density at radius 3 is 2.67 bits per heavy atom. The SMILES string of the molecule is CC1CCCC(F)[C@@H](C#N)CC1. The molecule has 1 rings (SSSR count). The van der Waals surface area contributed by atoms with Crippen molar-refractivity contribution in [3.05, 3.63) is 0 Å². The fraction of sp³-hybridized carbons (Fsp3) is 0.900. The summed E-state index contributed by atoms with van der Waals surface area (Å²) in [6.07, 6.45) is 3.54. The molecule has 1 fully saturated rings. The first-order valence-electron chi connectivity index (χ1n) is 4.77. The van der Waals surface area contributed by atoms with E-state index in [9.17, 15) is 4.39 Å². The molecule has 0 aliphatic heterocycles. The first-order chi connectivity index (χ1) is 5.74. The van der Waals surface area contributed by atoms with Crippen LogP contribution in [0.1, 0.15) is 39.0 Å². The molecule has 1 nitrogen and oxygen atoms in total. The highest BCUT2D eigenvalue weighted by molar-refractivity contribution is 4.89. The second-order valence-electron chi connectivity index (χ2n) is 3.87. The summed E-state index contributed by atoms with van der Waals surface area (Å²) in [6.45, 7) is 2.19. The summed E-state index contributed by atoms with van der Waals surface area (Å²) < 4.78 is 13.2. The molecular weight excluding hydrogens is 153 g/mol. The van der Waals surface area contributed by atoms with Crippen LogP contribution in [0.15, 0.2) is 0 Å². The van der Waals surface area contributed by atoms with E-state index in [1.54, 1.807) is 0 Å². The summed E-state index contributed by atoms with van der Waals surface area (Å²) in [5, 5.41) is 8.67. The van der Waals surface area contributed by atoms with Crippen molar-refractivity contribution in [2.24, 2.45) is 11.8 Å². The van der Waals surface area contributed by atoms with E-state index in [2.05, 4.69) is 13.0 Å². The second kappa shape index (κ2) is 4.45. The standard InChI is InChI=1S/C10H16FN/c1-8-3-2-4-10(11)9(7-12)6-5-8/h8-10H,2-6H2,1H3/t8?,9-,10?/m1/s1. The Bertz CT molecular complexity index is 173. The lowest BCUT2D eigenvalue weighted by atomic mass is 9.86. The van der Waals surface area contributed by atoms with Crippen molar-refractivity contribution >= 4 is 0 Å². The molecule has 1 saturated carbocycles. The average Bonchev–Trinajstić information content (AvgIpc) is 2.03. The highest BCUT2D eigenvalue weighted by Crippen LogP contribution is 2.27. The van der Waals surface area contributed by atoms with Crippen molar-refractivity contribution in [3.8, 4) is 6.07 Å². The average molecular weight is 169 g/mol. The molecule has 0 N–H and O–H groups in total. The molecule has 0 radical (unpaired) electrons. The molecule has 0 spiro atoms. The van der Waals surface area contributed by atoms with Crippen LogP contribution in [0.5, 0.6) is 0 Å².